The van der Waals surface area contributed by atoms with Crippen molar-refractivity contribution in [3.05, 3.63) is 10.0 Å². The van der Waals surface area contributed by atoms with Crippen LogP contribution in [0.2, 0.25) is 0 Å². The molecule has 0 spiro atoms. The fourth-order valence-corrected chi connectivity index (χ4v) is 0.642. The molecule has 0 aliphatic heterocycles. The molecule has 0 atom stereocenters. The Morgan fingerprint density at radius 2 is 2.71 bits per heavy atom. The van der Waals surface area contributed by atoms with Crippen molar-refractivity contribution in [3.63, 3.8) is 0 Å². The van der Waals surface area contributed by atoms with Gasteiger partial charge in [0.25, 0.3) is 0 Å². The summed E-state index contributed by atoms with van der Waals surface area (Å²) in [5.74, 6) is 0. The Labute approximate surface area is 73.9 Å². The van der Waals surface area contributed by atoms with Crippen LogP contribution in [0.1, 0.15) is 1.43 Å². The Balaban J connectivity index is 0. The van der Waals surface area contributed by atoms with E-state index in [9.17, 15) is 0 Å². The molecule has 0 bridgehead atoms. The number of rotatable bonds is 0. The maximum atomic E-state index is 4.67. The molecule has 1 aromatic rings. The first-order valence-electron chi connectivity index (χ1n) is 1.38. The normalized spacial score (nSPS) is 7.43. The predicted molar refractivity (Wildman–Crippen MR) is 28.4 cm³/mol. The summed E-state index contributed by atoms with van der Waals surface area (Å²) in [6.07, 6.45) is 1.61. The number of H-pyrrole nitrogens is 1. The van der Waals surface area contributed by atoms with E-state index in [4.69, 9.17) is 0 Å². The van der Waals surface area contributed by atoms with Crippen molar-refractivity contribution in [2.45, 2.75) is 0 Å². The summed E-state index contributed by atoms with van der Waals surface area (Å²) in [4.78, 5) is 0. The molecule has 0 aliphatic carbocycles. The average molecular weight is 142 g/mol. The molecule has 0 unspecified atom stereocenters. The quantitative estimate of drug-likeness (QED) is 0.346. The van der Waals surface area contributed by atoms with Crippen molar-refractivity contribution in [3.8, 4) is 0 Å². The van der Waals surface area contributed by atoms with Gasteiger partial charge < -0.3 is 1.43 Å². The van der Waals surface area contributed by atoms with Gasteiger partial charge in [-0.1, -0.05) is 12.2 Å². The fraction of sp³-hybridized carbons (Fsp3) is 0. The first-order chi connectivity index (χ1) is 2.89. The van der Waals surface area contributed by atoms with E-state index in [-0.39, 0.29) is 31.0 Å². The van der Waals surface area contributed by atoms with E-state index < -0.39 is 0 Å². The summed E-state index contributed by atoms with van der Waals surface area (Å²) in [7, 11) is 0. The topological polar surface area (TPSA) is 28.7 Å². The number of hydrogen-bond acceptors (Lipinski definition) is 3. The molecule has 0 saturated heterocycles. The van der Waals surface area contributed by atoms with Crippen molar-refractivity contribution >= 4 is 23.8 Å². The molecular formula is C2H3N2NaS2. The molecule has 0 aliphatic rings. The molecule has 5 heteroatoms. The summed E-state index contributed by atoms with van der Waals surface area (Å²) in [5.41, 5.74) is 0. The van der Waals surface area contributed by atoms with E-state index in [2.05, 4.69) is 21.8 Å². The van der Waals surface area contributed by atoms with Gasteiger partial charge in [-0.05, 0) is 11.5 Å². The molecule has 34 valence electrons. The molecule has 0 saturated carbocycles. The number of aromatic nitrogens is 2. The summed E-state index contributed by atoms with van der Waals surface area (Å²) >= 11 is 6.03. The van der Waals surface area contributed by atoms with Gasteiger partial charge >= 0.3 is 29.6 Å². The van der Waals surface area contributed by atoms with Gasteiger partial charge in [-0.2, -0.15) is 5.10 Å². The summed E-state index contributed by atoms with van der Waals surface area (Å²) in [6.45, 7) is 0. The van der Waals surface area contributed by atoms with Crippen LogP contribution in [0, 0.1) is 3.82 Å². The molecule has 1 rings (SSSR count). The van der Waals surface area contributed by atoms with Crippen molar-refractivity contribution < 1.29 is 31.0 Å². The Morgan fingerprint density at radius 3 is 2.86 bits per heavy atom. The fourth-order valence-electron chi connectivity index (χ4n) is 0.177. The number of hydrogen-bond donors (Lipinski definition) is 1. The molecule has 7 heavy (non-hydrogen) atoms. The van der Waals surface area contributed by atoms with Gasteiger partial charge in [-0.25, -0.2) is 4.49 Å². The number of nitrogens with one attached hydrogen (secondary N) is 1. The third kappa shape index (κ3) is 2.56. The predicted octanol–water partition coefficient (Wildman–Crippen LogP) is -1.68. The smallest absolute Gasteiger partial charge is 1.00 e. The van der Waals surface area contributed by atoms with Gasteiger partial charge in [0.1, 0.15) is 3.82 Å². The maximum Gasteiger partial charge on any atom is 1.00 e. The molecule has 1 N–H and O–H groups in total. The van der Waals surface area contributed by atoms with Crippen LogP contribution in [0.15, 0.2) is 6.20 Å². The van der Waals surface area contributed by atoms with Crippen molar-refractivity contribution in [2.24, 2.45) is 0 Å². The van der Waals surface area contributed by atoms with E-state index in [1.54, 1.807) is 6.20 Å². The first-order valence-corrected chi connectivity index (χ1v) is 2.61. The van der Waals surface area contributed by atoms with Crippen molar-refractivity contribution in [1.29, 1.82) is 0 Å². The minimum atomic E-state index is 0. The molecule has 2 nitrogen and oxygen atoms in total. The maximum absolute atomic E-state index is 4.67. The van der Waals surface area contributed by atoms with Crippen LogP contribution in [0.4, 0.5) is 0 Å². The zero-order chi connectivity index (χ0) is 4.41. The van der Waals surface area contributed by atoms with Crippen LogP contribution >= 0.6 is 23.8 Å². The summed E-state index contributed by atoms with van der Waals surface area (Å²) < 4.78 is 3.42. The minimum Gasteiger partial charge on any atom is -1.00 e. The Bertz CT molecular complexity index is 156. The third-order valence-electron chi connectivity index (χ3n) is 0.369. The monoisotopic (exact) mass is 142 g/mol. The van der Waals surface area contributed by atoms with Gasteiger partial charge in [-0.15, -0.1) is 0 Å². The molecule has 0 radical (unpaired) electrons. The Morgan fingerprint density at radius 1 is 2.00 bits per heavy atom. The molecule has 0 fully saturated rings. The standard InChI is InChI=1S/C2H2N2S2.Na.H/c5-2-1-3-4-6-2;;/h1,4H;;/q;+1;-1. The average Bonchev–Trinajstić information content (AvgIpc) is 1.86. The molecule has 0 aromatic carbocycles. The molecule has 1 aromatic heterocycles. The Hall–Kier alpha value is 0.780. The van der Waals surface area contributed by atoms with Gasteiger partial charge in [0, 0.05) is 0 Å². The van der Waals surface area contributed by atoms with E-state index in [1.807, 2.05) is 0 Å². The second-order valence-corrected chi connectivity index (χ2v) is 2.30. The summed E-state index contributed by atoms with van der Waals surface area (Å²) in [6, 6.07) is 0. The van der Waals surface area contributed by atoms with Gasteiger partial charge in [0.05, 0.1) is 6.20 Å². The van der Waals surface area contributed by atoms with Crippen molar-refractivity contribution in [2.75, 3.05) is 0 Å². The van der Waals surface area contributed by atoms with E-state index in [1.165, 1.54) is 11.5 Å². The van der Waals surface area contributed by atoms with E-state index >= 15 is 0 Å². The van der Waals surface area contributed by atoms with Crippen LogP contribution < -0.4 is 29.6 Å². The zero-order valence-electron chi connectivity index (χ0n) is 4.84. The van der Waals surface area contributed by atoms with Crippen LogP contribution in [0.3, 0.4) is 0 Å². The second kappa shape index (κ2) is 3.74. The third-order valence-corrected chi connectivity index (χ3v) is 1.23. The van der Waals surface area contributed by atoms with Crippen LogP contribution in [0.5, 0.6) is 0 Å². The molecule has 0 amide bonds. The Kier molecular flexibility index (Phi) is 4.16. The van der Waals surface area contributed by atoms with Gasteiger partial charge in [0.2, 0.25) is 0 Å². The van der Waals surface area contributed by atoms with Crippen LogP contribution in [-0.4, -0.2) is 9.59 Å². The van der Waals surface area contributed by atoms with E-state index in [0.717, 1.165) is 3.82 Å². The minimum absolute atomic E-state index is 0. The SMILES string of the molecule is S=c1cn[nH]s1.[H-].[Na+]. The summed E-state index contributed by atoms with van der Waals surface area (Å²) in [5, 5.41) is 3.61. The number of aromatic amines is 1. The molecular weight excluding hydrogens is 139 g/mol. The van der Waals surface area contributed by atoms with Gasteiger partial charge in [-0.3, -0.25) is 0 Å². The van der Waals surface area contributed by atoms with Crippen LogP contribution in [-0.2, 0) is 0 Å². The van der Waals surface area contributed by atoms with Gasteiger partial charge in [0.15, 0.2) is 0 Å². The van der Waals surface area contributed by atoms with Crippen molar-refractivity contribution in [1.82, 2.24) is 9.59 Å². The van der Waals surface area contributed by atoms with E-state index in [0.29, 0.717) is 0 Å². The zero-order valence-corrected chi connectivity index (χ0v) is 7.47. The largest absolute Gasteiger partial charge is 1.00 e. The molecule has 1 heterocycles. The van der Waals surface area contributed by atoms with Crippen LogP contribution in [0.25, 0.3) is 0 Å². The number of nitrogens with zero attached hydrogens (tertiary/aromatic N) is 1. The second-order valence-electron chi connectivity index (χ2n) is 0.771. The first kappa shape index (κ1) is 7.78.